The van der Waals surface area contributed by atoms with Crippen molar-refractivity contribution in [1.29, 1.82) is 0 Å². The summed E-state index contributed by atoms with van der Waals surface area (Å²) in [6, 6.07) is 0. The van der Waals surface area contributed by atoms with E-state index in [-0.39, 0.29) is 5.56 Å². The number of nitrogens with zero attached hydrogens (tertiary/aromatic N) is 3. The van der Waals surface area contributed by atoms with E-state index in [2.05, 4.69) is 21.9 Å². The van der Waals surface area contributed by atoms with Gasteiger partial charge in [0.2, 0.25) is 0 Å². The summed E-state index contributed by atoms with van der Waals surface area (Å²) >= 11 is 2.04. The van der Waals surface area contributed by atoms with Crippen LogP contribution >= 0.6 is 22.6 Å². The number of imidazole rings is 1. The highest BCUT2D eigenvalue weighted by molar-refractivity contribution is 14.1. The minimum Gasteiger partial charge on any atom is -0.331 e. The van der Waals surface area contributed by atoms with E-state index >= 15 is 0 Å². The largest absolute Gasteiger partial charge is 0.331 e. The maximum absolute atomic E-state index is 11.8. The fraction of sp³-hybridized carbons (Fsp3) is 0.364. The predicted molar refractivity (Wildman–Crippen MR) is 73.8 cm³/mol. The predicted octanol–water partition coefficient (Wildman–Crippen LogP) is 1.73. The Balaban J connectivity index is 2.57. The van der Waals surface area contributed by atoms with Gasteiger partial charge in [0.1, 0.15) is 5.69 Å². The van der Waals surface area contributed by atoms with Gasteiger partial charge in [-0.2, -0.15) is 0 Å². The van der Waals surface area contributed by atoms with Crippen LogP contribution in [0.1, 0.15) is 19.0 Å². The van der Waals surface area contributed by atoms with E-state index in [0.29, 0.717) is 9.39 Å². The van der Waals surface area contributed by atoms with Crippen LogP contribution in [0.3, 0.4) is 0 Å². The summed E-state index contributed by atoms with van der Waals surface area (Å²) in [5, 5.41) is 0. The topological polar surface area (TPSA) is 63.6 Å². The average molecular weight is 344 g/mol. The van der Waals surface area contributed by atoms with Crippen molar-refractivity contribution in [1.82, 2.24) is 19.5 Å². The molecule has 17 heavy (non-hydrogen) atoms. The van der Waals surface area contributed by atoms with Crippen LogP contribution < -0.4 is 5.56 Å². The van der Waals surface area contributed by atoms with Gasteiger partial charge >= 0.3 is 0 Å². The average Bonchev–Trinajstić information content (AvgIpc) is 2.71. The molecule has 0 fully saturated rings. The van der Waals surface area contributed by atoms with Gasteiger partial charge in [-0.1, -0.05) is 13.3 Å². The van der Waals surface area contributed by atoms with Crippen LogP contribution in [0.25, 0.3) is 11.5 Å². The van der Waals surface area contributed by atoms with E-state index in [1.807, 2.05) is 34.2 Å². The zero-order valence-electron chi connectivity index (χ0n) is 9.70. The molecule has 0 saturated carbocycles. The number of aromatic nitrogens is 4. The molecule has 5 nitrogen and oxygen atoms in total. The molecular formula is C11H13IN4O. The lowest BCUT2D eigenvalue weighted by molar-refractivity contribution is 0.848. The summed E-state index contributed by atoms with van der Waals surface area (Å²) in [5.74, 6) is 0.582. The Morgan fingerprint density at radius 3 is 2.88 bits per heavy atom. The van der Waals surface area contributed by atoms with Crippen molar-refractivity contribution in [2.45, 2.75) is 19.8 Å². The van der Waals surface area contributed by atoms with E-state index in [0.717, 1.165) is 24.2 Å². The molecule has 2 rings (SSSR count). The van der Waals surface area contributed by atoms with Crippen LogP contribution in [0.15, 0.2) is 17.3 Å². The van der Waals surface area contributed by atoms with Gasteiger partial charge in [-0.25, -0.2) is 9.97 Å². The second-order valence-corrected chi connectivity index (χ2v) is 4.89. The van der Waals surface area contributed by atoms with Gasteiger partial charge in [-0.15, -0.1) is 0 Å². The third-order valence-corrected chi connectivity index (χ3v) is 3.59. The second kappa shape index (κ2) is 4.99. The number of hydrogen-bond acceptors (Lipinski definition) is 3. The smallest absolute Gasteiger partial charge is 0.264 e. The van der Waals surface area contributed by atoms with Crippen LogP contribution in [-0.2, 0) is 13.5 Å². The maximum Gasteiger partial charge on any atom is 0.264 e. The molecule has 0 amide bonds. The quantitative estimate of drug-likeness (QED) is 0.863. The van der Waals surface area contributed by atoms with Gasteiger partial charge in [0.15, 0.2) is 5.82 Å². The molecule has 0 atom stereocenters. The first-order chi connectivity index (χ1) is 8.13. The zero-order valence-corrected chi connectivity index (χ0v) is 11.9. The second-order valence-electron chi connectivity index (χ2n) is 3.81. The first-order valence-corrected chi connectivity index (χ1v) is 6.46. The fourth-order valence-corrected chi connectivity index (χ4v) is 2.14. The number of halogens is 1. The van der Waals surface area contributed by atoms with Gasteiger partial charge in [0.25, 0.3) is 5.56 Å². The van der Waals surface area contributed by atoms with Crippen molar-refractivity contribution in [3.8, 4) is 11.5 Å². The van der Waals surface area contributed by atoms with E-state index in [1.54, 1.807) is 12.5 Å². The lowest BCUT2D eigenvalue weighted by Gasteiger charge is -2.06. The van der Waals surface area contributed by atoms with Crippen molar-refractivity contribution in [2.75, 3.05) is 0 Å². The molecule has 0 aliphatic rings. The third-order valence-electron chi connectivity index (χ3n) is 2.48. The van der Waals surface area contributed by atoms with Crippen LogP contribution in [-0.4, -0.2) is 19.5 Å². The van der Waals surface area contributed by atoms with E-state index in [9.17, 15) is 4.79 Å². The van der Waals surface area contributed by atoms with Gasteiger partial charge < -0.3 is 9.55 Å². The molecule has 0 radical (unpaired) electrons. The summed E-state index contributed by atoms with van der Waals surface area (Å²) in [5.41, 5.74) is 1.59. The highest BCUT2D eigenvalue weighted by Gasteiger charge is 2.11. The molecular weight excluding hydrogens is 331 g/mol. The summed E-state index contributed by atoms with van der Waals surface area (Å²) in [7, 11) is 1.87. The molecule has 0 aliphatic heterocycles. The molecule has 90 valence electrons. The van der Waals surface area contributed by atoms with Crippen molar-refractivity contribution in [3.05, 3.63) is 32.1 Å². The number of hydrogen-bond donors (Lipinski definition) is 1. The summed E-state index contributed by atoms with van der Waals surface area (Å²) in [6.07, 6.45) is 5.16. The highest BCUT2D eigenvalue weighted by Crippen LogP contribution is 2.15. The fourth-order valence-electron chi connectivity index (χ4n) is 1.61. The monoisotopic (exact) mass is 344 g/mol. The van der Waals surface area contributed by atoms with E-state index < -0.39 is 0 Å². The Morgan fingerprint density at radius 1 is 1.53 bits per heavy atom. The van der Waals surface area contributed by atoms with Crippen LogP contribution in [0.5, 0.6) is 0 Å². The van der Waals surface area contributed by atoms with E-state index in [1.165, 1.54) is 0 Å². The Bertz CT molecular complexity index is 587. The van der Waals surface area contributed by atoms with Gasteiger partial charge in [0, 0.05) is 7.05 Å². The number of nitrogens with one attached hydrogen (secondary N) is 1. The molecule has 2 heterocycles. The van der Waals surface area contributed by atoms with Crippen molar-refractivity contribution in [3.63, 3.8) is 0 Å². The number of aryl methyl sites for hydroxylation is 2. The Labute approximate surface area is 112 Å². The molecule has 1 N–H and O–H groups in total. The normalized spacial score (nSPS) is 10.8. The lowest BCUT2D eigenvalue weighted by Crippen LogP contribution is -2.17. The summed E-state index contributed by atoms with van der Waals surface area (Å²) in [4.78, 5) is 23.1. The van der Waals surface area contributed by atoms with Crippen LogP contribution in [0, 0.1) is 3.57 Å². The SMILES string of the molecule is CCCc1nc(-c2cncn2C)[nH]c(=O)c1I. The first-order valence-electron chi connectivity index (χ1n) is 5.39. The van der Waals surface area contributed by atoms with Crippen molar-refractivity contribution >= 4 is 22.6 Å². The van der Waals surface area contributed by atoms with Gasteiger partial charge in [-0.05, 0) is 29.0 Å². The Hall–Kier alpha value is -1.18. The molecule has 0 unspecified atom stereocenters. The molecule has 0 saturated heterocycles. The lowest BCUT2D eigenvalue weighted by atomic mass is 10.2. The van der Waals surface area contributed by atoms with Crippen molar-refractivity contribution < 1.29 is 0 Å². The molecule has 2 aromatic rings. The first kappa shape index (κ1) is 12.3. The van der Waals surface area contributed by atoms with Gasteiger partial charge in [0.05, 0.1) is 21.8 Å². The van der Waals surface area contributed by atoms with Crippen LogP contribution in [0.4, 0.5) is 0 Å². The van der Waals surface area contributed by atoms with Gasteiger partial charge in [-0.3, -0.25) is 4.79 Å². The van der Waals surface area contributed by atoms with E-state index in [4.69, 9.17) is 0 Å². The standard InChI is InChI=1S/C11H13IN4O/c1-3-4-7-9(12)11(17)15-10(14-7)8-5-13-6-16(8)2/h5-6H,3-4H2,1-2H3,(H,14,15,17). The molecule has 2 aromatic heterocycles. The maximum atomic E-state index is 11.8. The third kappa shape index (κ3) is 2.41. The minimum absolute atomic E-state index is 0.0831. The molecule has 0 aliphatic carbocycles. The number of aromatic amines is 1. The summed E-state index contributed by atoms with van der Waals surface area (Å²) < 4.78 is 2.51. The molecule has 0 spiro atoms. The number of rotatable bonds is 3. The molecule has 6 heteroatoms. The minimum atomic E-state index is -0.0831. The molecule has 0 aromatic carbocycles. The molecule has 0 bridgehead atoms. The Morgan fingerprint density at radius 2 is 2.29 bits per heavy atom. The highest BCUT2D eigenvalue weighted by atomic mass is 127. The van der Waals surface area contributed by atoms with Crippen LogP contribution in [0.2, 0.25) is 0 Å². The Kier molecular flexibility index (Phi) is 3.60. The zero-order chi connectivity index (χ0) is 12.4. The summed E-state index contributed by atoms with van der Waals surface area (Å²) in [6.45, 7) is 2.07. The van der Waals surface area contributed by atoms with Crippen molar-refractivity contribution in [2.24, 2.45) is 7.05 Å². The number of H-pyrrole nitrogens is 1.